The molecule has 0 spiro atoms. The Labute approximate surface area is 131 Å². The van der Waals surface area contributed by atoms with Gasteiger partial charge in [0.25, 0.3) is 0 Å². The van der Waals surface area contributed by atoms with Crippen molar-refractivity contribution >= 4 is 30.0 Å². The lowest BCUT2D eigenvalue weighted by Gasteiger charge is -2.35. The summed E-state index contributed by atoms with van der Waals surface area (Å²) in [7, 11) is 0. The number of carbonyl (C=O) groups excluding carboxylic acids is 1. The third-order valence-corrected chi connectivity index (χ3v) is 4.12. The average molecular weight is 318 g/mol. The largest absolute Gasteiger partial charge is 0.466 e. The molecule has 0 bridgehead atoms. The molecule has 1 N–H and O–H groups in total. The zero-order valence-electron chi connectivity index (χ0n) is 11.7. The van der Waals surface area contributed by atoms with E-state index >= 15 is 0 Å². The van der Waals surface area contributed by atoms with Crippen molar-refractivity contribution in [2.45, 2.75) is 26.2 Å². The molecule has 1 aliphatic rings. The van der Waals surface area contributed by atoms with E-state index in [-0.39, 0.29) is 18.4 Å². The number of halogens is 2. The molecule has 0 aromatic heterocycles. The van der Waals surface area contributed by atoms with Gasteiger partial charge in [-0.25, -0.2) is 0 Å². The fourth-order valence-corrected chi connectivity index (χ4v) is 2.85. The van der Waals surface area contributed by atoms with Crippen molar-refractivity contribution < 1.29 is 9.53 Å². The van der Waals surface area contributed by atoms with E-state index in [0.29, 0.717) is 13.0 Å². The smallest absolute Gasteiger partial charge is 0.312 e. The van der Waals surface area contributed by atoms with Gasteiger partial charge >= 0.3 is 5.97 Å². The Morgan fingerprint density at radius 2 is 2.00 bits per heavy atom. The van der Waals surface area contributed by atoms with Crippen LogP contribution in [0.1, 0.15) is 25.3 Å². The lowest BCUT2D eigenvalue weighted by molar-refractivity contribution is -0.157. The summed E-state index contributed by atoms with van der Waals surface area (Å²) in [5, 5.41) is 4.02. The first kappa shape index (κ1) is 17.3. The van der Waals surface area contributed by atoms with Crippen LogP contribution in [0.3, 0.4) is 0 Å². The fraction of sp³-hybridized carbons (Fsp3) is 0.533. The molecule has 0 amide bonds. The number of rotatable bonds is 4. The van der Waals surface area contributed by atoms with E-state index in [2.05, 4.69) is 5.32 Å². The molecular weight excluding hydrogens is 297 g/mol. The fourth-order valence-electron chi connectivity index (χ4n) is 2.65. The molecule has 1 aromatic carbocycles. The van der Waals surface area contributed by atoms with Crippen molar-refractivity contribution in [2.24, 2.45) is 5.41 Å². The predicted octanol–water partition coefficient (Wildman–Crippen LogP) is 3.24. The Hall–Kier alpha value is -0.770. The number of hydrogen-bond acceptors (Lipinski definition) is 3. The first-order chi connectivity index (χ1) is 9.18. The topological polar surface area (TPSA) is 38.3 Å². The lowest BCUT2D eigenvalue weighted by Crippen LogP contribution is -2.44. The van der Waals surface area contributed by atoms with E-state index in [1.807, 2.05) is 31.2 Å². The third-order valence-electron chi connectivity index (χ3n) is 3.76. The van der Waals surface area contributed by atoms with Gasteiger partial charge in [-0.1, -0.05) is 29.8 Å². The SMILES string of the molecule is CCOC(=O)C1(Cc2ccccc2Cl)CCNCC1.Cl. The monoisotopic (exact) mass is 317 g/mol. The van der Waals surface area contributed by atoms with Crippen molar-refractivity contribution in [3.05, 3.63) is 34.9 Å². The molecule has 1 fully saturated rings. The van der Waals surface area contributed by atoms with Crippen LogP contribution in [0.15, 0.2) is 24.3 Å². The molecule has 1 saturated heterocycles. The van der Waals surface area contributed by atoms with Gasteiger partial charge in [-0.2, -0.15) is 0 Å². The molecule has 0 aliphatic carbocycles. The molecule has 0 saturated carbocycles. The van der Waals surface area contributed by atoms with Gasteiger partial charge in [-0.15, -0.1) is 12.4 Å². The summed E-state index contributed by atoms with van der Waals surface area (Å²) < 4.78 is 5.29. The Bertz CT molecular complexity index is 445. The van der Waals surface area contributed by atoms with Crippen molar-refractivity contribution in [1.82, 2.24) is 5.32 Å². The molecule has 112 valence electrons. The van der Waals surface area contributed by atoms with Crippen molar-refractivity contribution in [3.8, 4) is 0 Å². The van der Waals surface area contributed by atoms with Crippen LogP contribution in [0, 0.1) is 5.41 Å². The van der Waals surface area contributed by atoms with Gasteiger partial charge in [0.15, 0.2) is 0 Å². The molecule has 1 heterocycles. The Morgan fingerprint density at radius 3 is 2.60 bits per heavy atom. The number of nitrogens with one attached hydrogen (secondary N) is 1. The van der Waals surface area contributed by atoms with Crippen molar-refractivity contribution in [1.29, 1.82) is 0 Å². The highest BCUT2D eigenvalue weighted by molar-refractivity contribution is 6.31. The van der Waals surface area contributed by atoms with Gasteiger partial charge in [0.1, 0.15) is 0 Å². The molecule has 0 atom stereocenters. The van der Waals surface area contributed by atoms with Crippen LogP contribution < -0.4 is 5.32 Å². The van der Waals surface area contributed by atoms with Crippen LogP contribution in [-0.2, 0) is 16.0 Å². The predicted molar refractivity (Wildman–Crippen MR) is 83.6 cm³/mol. The molecule has 20 heavy (non-hydrogen) atoms. The number of benzene rings is 1. The van der Waals surface area contributed by atoms with E-state index in [4.69, 9.17) is 16.3 Å². The maximum Gasteiger partial charge on any atom is 0.312 e. The van der Waals surface area contributed by atoms with Crippen molar-refractivity contribution in [3.63, 3.8) is 0 Å². The lowest BCUT2D eigenvalue weighted by atomic mass is 9.74. The second-order valence-electron chi connectivity index (χ2n) is 5.02. The summed E-state index contributed by atoms with van der Waals surface area (Å²) in [4.78, 5) is 12.3. The van der Waals surface area contributed by atoms with Gasteiger partial charge in [0.2, 0.25) is 0 Å². The van der Waals surface area contributed by atoms with Crippen LogP contribution in [0.2, 0.25) is 5.02 Å². The van der Waals surface area contributed by atoms with Crippen LogP contribution >= 0.6 is 24.0 Å². The summed E-state index contributed by atoms with van der Waals surface area (Å²) in [5.41, 5.74) is 0.603. The second kappa shape index (κ2) is 7.87. The van der Waals surface area contributed by atoms with Crippen LogP contribution in [0.5, 0.6) is 0 Å². The summed E-state index contributed by atoms with van der Waals surface area (Å²) in [6.07, 6.45) is 2.27. The van der Waals surface area contributed by atoms with E-state index in [0.717, 1.165) is 36.5 Å². The first-order valence-electron chi connectivity index (χ1n) is 6.79. The van der Waals surface area contributed by atoms with Crippen LogP contribution in [0.25, 0.3) is 0 Å². The maximum atomic E-state index is 12.3. The Kier molecular flexibility index (Phi) is 6.80. The third kappa shape index (κ3) is 3.87. The summed E-state index contributed by atoms with van der Waals surface area (Å²) >= 11 is 6.22. The molecular formula is C15H21Cl2NO2. The van der Waals surface area contributed by atoms with Gasteiger partial charge < -0.3 is 10.1 Å². The highest BCUT2D eigenvalue weighted by atomic mass is 35.5. The van der Waals surface area contributed by atoms with E-state index < -0.39 is 5.41 Å². The molecule has 1 aromatic rings. The number of esters is 1. The van der Waals surface area contributed by atoms with E-state index in [1.54, 1.807) is 0 Å². The zero-order chi connectivity index (χ0) is 13.7. The van der Waals surface area contributed by atoms with Gasteiger partial charge in [0, 0.05) is 5.02 Å². The zero-order valence-corrected chi connectivity index (χ0v) is 13.2. The quantitative estimate of drug-likeness (QED) is 0.866. The average Bonchev–Trinajstić information content (AvgIpc) is 2.43. The first-order valence-corrected chi connectivity index (χ1v) is 7.17. The summed E-state index contributed by atoms with van der Waals surface area (Å²) in [6.45, 7) is 3.98. The number of carbonyl (C=O) groups is 1. The second-order valence-corrected chi connectivity index (χ2v) is 5.43. The van der Waals surface area contributed by atoms with E-state index in [9.17, 15) is 4.79 Å². The van der Waals surface area contributed by atoms with E-state index in [1.165, 1.54) is 0 Å². The number of ether oxygens (including phenoxy) is 1. The molecule has 5 heteroatoms. The van der Waals surface area contributed by atoms with Gasteiger partial charge in [0.05, 0.1) is 12.0 Å². The van der Waals surface area contributed by atoms with Crippen LogP contribution in [0.4, 0.5) is 0 Å². The van der Waals surface area contributed by atoms with Gasteiger partial charge in [-0.05, 0) is 50.9 Å². The minimum atomic E-state index is -0.424. The minimum absolute atomic E-state index is 0. The number of piperidine rings is 1. The highest BCUT2D eigenvalue weighted by Gasteiger charge is 2.41. The molecule has 1 aliphatic heterocycles. The van der Waals surface area contributed by atoms with Crippen molar-refractivity contribution in [2.75, 3.05) is 19.7 Å². The number of hydrogen-bond donors (Lipinski definition) is 1. The normalized spacial score (nSPS) is 17.1. The highest BCUT2D eigenvalue weighted by Crippen LogP contribution is 2.36. The molecule has 3 nitrogen and oxygen atoms in total. The summed E-state index contributed by atoms with van der Waals surface area (Å²) in [6, 6.07) is 7.73. The standard InChI is InChI=1S/C15H20ClNO2.ClH/c1-2-19-14(18)15(7-9-17-10-8-15)11-12-5-3-4-6-13(12)16;/h3-6,17H,2,7-11H2,1H3;1H. The van der Waals surface area contributed by atoms with Crippen LogP contribution in [-0.4, -0.2) is 25.7 Å². The Morgan fingerprint density at radius 1 is 1.35 bits per heavy atom. The van der Waals surface area contributed by atoms with Gasteiger partial charge in [-0.3, -0.25) is 4.79 Å². The Balaban J connectivity index is 0.00000200. The maximum absolute atomic E-state index is 12.3. The molecule has 2 rings (SSSR count). The molecule has 0 unspecified atom stereocenters. The summed E-state index contributed by atoms with van der Waals surface area (Å²) in [5.74, 6) is -0.0866. The minimum Gasteiger partial charge on any atom is -0.466 e. The molecule has 0 radical (unpaired) electrons.